The molecule has 1 saturated carbocycles. The lowest BCUT2D eigenvalue weighted by molar-refractivity contribution is 0.0922. The van der Waals surface area contributed by atoms with Crippen LogP contribution in [0, 0.1) is 11.3 Å². The van der Waals surface area contributed by atoms with Crippen LogP contribution >= 0.6 is 0 Å². The first-order valence-corrected chi connectivity index (χ1v) is 10.7. The summed E-state index contributed by atoms with van der Waals surface area (Å²) in [4.78, 5) is 12.8. The lowest BCUT2D eigenvalue weighted by atomic mass is 9.69. The Morgan fingerprint density at radius 1 is 0.968 bits per heavy atom. The molecular formula is C27H26N2O2. The summed E-state index contributed by atoms with van der Waals surface area (Å²) in [5, 5.41) is 13.1. The van der Waals surface area contributed by atoms with Gasteiger partial charge in [-0.2, -0.15) is 5.26 Å². The number of amides is 1. The average molecular weight is 411 g/mol. The predicted molar refractivity (Wildman–Crippen MR) is 122 cm³/mol. The lowest BCUT2D eigenvalue weighted by Crippen LogP contribution is -2.41. The van der Waals surface area contributed by atoms with Crippen LogP contribution in [0.3, 0.4) is 0 Å². The second-order valence-electron chi connectivity index (χ2n) is 8.12. The number of hydrogen-bond donors (Lipinski definition) is 1. The largest absolute Gasteiger partial charge is 0.497 e. The third-order valence-corrected chi connectivity index (χ3v) is 6.26. The van der Waals surface area contributed by atoms with Gasteiger partial charge in [-0.3, -0.25) is 4.79 Å². The average Bonchev–Trinajstić information content (AvgIpc) is 2.85. The van der Waals surface area contributed by atoms with Crippen LogP contribution in [0.15, 0.2) is 78.9 Å². The van der Waals surface area contributed by atoms with Crippen LogP contribution in [0.25, 0.3) is 11.1 Å². The second kappa shape index (κ2) is 9.06. The fourth-order valence-corrected chi connectivity index (χ4v) is 4.35. The zero-order chi connectivity index (χ0) is 21.7. The molecule has 0 bridgehead atoms. The minimum atomic E-state index is -0.521. The van der Waals surface area contributed by atoms with Gasteiger partial charge < -0.3 is 10.1 Å². The molecule has 0 unspecified atom stereocenters. The number of benzene rings is 3. The normalized spacial score (nSPS) is 20.5. The Labute approximate surface area is 183 Å². The van der Waals surface area contributed by atoms with E-state index in [-0.39, 0.29) is 11.9 Å². The van der Waals surface area contributed by atoms with E-state index in [0.29, 0.717) is 18.4 Å². The molecule has 156 valence electrons. The number of carbonyl (C=O) groups is 1. The fourth-order valence-electron chi connectivity index (χ4n) is 4.35. The van der Waals surface area contributed by atoms with Crippen molar-refractivity contribution in [1.29, 1.82) is 5.26 Å². The van der Waals surface area contributed by atoms with E-state index in [2.05, 4.69) is 23.5 Å². The van der Waals surface area contributed by atoms with Crippen LogP contribution in [-0.4, -0.2) is 19.1 Å². The van der Waals surface area contributed by atoms with Gasteiger partial charge in [-0.05, 0) is 66.6 Å². The molecule has 0 heterocycles. The van der Waals surface area contributed by atoms with Gasteiger partial charge in [0.2, 0.25) is 0 Å². The molecule has 4 heteroatoms. The second-order valence-corrected chi connectivity index (χ2v) is 8.12. The maximum Gasteiger partial charge on any atom is 0.251 e. The Morgan fingerprint density at radius 2 is 1.65 bits per heavy atom. The zero-order valence-corrected chi connectivity index (χ0v) is 17.7. The van der Waals surface area contributed by atoms with Crippen LogP contribution in [0.2, 0.25) is 0 Å². The van der Waals surface area contributed by atoms with Gasteiger partial charge in [-0.15, -0.1) is 0 Å². The van der Waals surface area contributed by atoms with Gasteiger partial charge in [0.15, 0.2) is 0 Å². The molecule has 0 aromatic heterocycles. The smallest absolute Gasteiger partial charge is 0.251 e. The number of methoxy groups -OCH3 is 1. The van der Waals surface area contributed by atoms with E-state index >= 15 is 0 Å². The van der Waals surface area contributed by atoms with Crippen molar-refractivity contribution in [2.24, 2.45) is 0 Å². The summed E-state index contributed by atoms with van der Waals surface area (Å²) in [6, 6.07) is 28.2. The highest BCUT2D eigenvalue weighted by Crippen LogP contribution is 2.40. The number of nitrogens with one attached hydrogen (secondary N) is 1. The molecule has 0 radical (unpaired) electrons. The van der Waals surface area contributed by atoms with Gasteiger partial charge in [-0.25, -0.2) is 0 Å². The first-order valence-electron chi connectivity index (χ1n) is 10.7. The van der Waals surface area contributed by atoms with E-state index in [0.717, 1.165) is 35.3 Å². The van der Waals surface area contributed by atoms with Crippen LogP contribution < -0.4 is 10.1 Å². The Kier molecular flexibility index (Phi) is 6.04. The predicted octanol–water partition coefficient (Wildman–Crippen LogP) is 5.50. The van der Waals surface area contributed by atoms with Crippen LogP contribution in [-0.2, 0) is 5.41 Å². The molecule has 3 aromatic carbocycles. The topological polar surface area (TPSA) is 62.1 Å². The van der Waals surface area contributed by atoms with E-state index in [9.17, 15) is 10.1 Å². The quantitative estimate of drug-likeness (QED) is 0.604. The molecule has 1 N–H and O–H groups in total. The van der Waals surface area contributed by atoms with Crippen molar-refractivity contribution >= 4 is 5.91 Å². The van der Waals surface area contributed by atoms with Crippen molar-refractivity contribution < 1.29 is 9.53 Å². The van der Waals surface area contributed by atoms with E-state index in [4.69, 9.17) is 4.74 Å². The number of nitriles is 1. The van der Waals surface area contributed by atoms with Gasteiger partial charge in [0.25, 0.3) is 5.91 Å². The summed E-state index contributed by atoms with van der Waals surface area (Å²) in [6.07, 6.45) is 2.99. The summed E-state index contributed by atoms with van der Waals surface area (Å²) < 4.78 is 5.33. The first-order chi connectivity index (χ1) is 15.1. The molecule has 1 aliphatic rings. The molecule has 0 aliphatic heterocycles. The molecule has 1 fully saturated rings. The van der Waals surface area contributed by atoms with Gasteiger partial charge in [0.05, 0.1) is 18.6 Å². The molecular weight excluding hydrogens is 384 g/mol. The molecule has 0 saturated heterocycles. The molecule has 0 atom stereocenters. The summed E-state index contributed by atoms with van der Waals surface area (Å²) in [7, 11) is 1.64. The number of carbonyl (C=O) groups excluding carboxylic acids is 1. The number of ether oxygens (including phenoxy) is 1. The summed E-state index contributed by atoms with van der Waals surface area (Å²) in [6.45, 7) is 0. The van der Waals surface area contributed by atoms with Gasteiger partial charge in [0, 0.05) is 11.6 Å². The lowest BCUT2D eigenvalue weighted by Gasteiger charge is -2.35. The Bertz CT molecular complexity index is 1080. The van der Waals surface area contributed by atoms with Crippen molar-refractivity contribution in [3.05, 3.63) is 90.0 Å². The first kappa shape index (κ1) is 20.7. The van der Waals surface area contributed by atoms with E-state index in [1.807, 2.05) is 66.7 Å². The van der Waals surface area contributed by atoms with Gasteiger partial charge in [-0.1, -0.05) is 54.6 Å². The minimum Gasteiger partial charge on any atom is -0.497 e. The van der Waals surface area contributed by atoms with Crippen molar-refractivity contribution in [1.82, 2.24) is 5.32 Å². The number of nitrogens with zero attached hydrogens (tertiary/aromatic N) is 1. The zero-order valence-electron chi connectivity index (χ0n) is 17.7. The van der Waals surface area contributed by atoms with E-state index in [1.54, 1.807) is 7.11 Å². The maximum absolute atomic E-state index is 12.8. The molecule has 31 heavy (non-hydrogen) atoms. The summed E-state index contributed by atoms with van der Waals surface area (Å²) >= 11 is 0. The van der Waals surface area contributed by atoms with Crippen molar-refractivity contribution in [3.63, 3.8) is 0 Å². The Morgan fingerprint density at radius 3 is 2.29 bits per heavy atom. The van der Waals surface area contributed by atoms with Crippen LogP contribution in [0.4, 0.5) is 0 Å². The van der Waals surface area contributed by atoms with Crippen molar-refractivity contribution in [2.45, 2.75) is 37.1 Å². The molecule has 1 amide bonds. The monoisotopic (exact) mass is 410 g/mol. The molecule has 4 nitrogen and oxygen atoms in total. The molecule has 1 aliphatic carbocycles. The highest BCUT2D eigenvalue weighted by Gasteiger charge is 2.37. The van der Waals surface area contributed by atoms with Gasteiger partial charge >= 0.3 is 0 Å². The van der Waals surface area contributed by atoms with Gasteiger partial charge in [0.1, 0.15) is 5.75 Å². The highest BCUT2D eigenvalue weighted by molar-refractivity contribution is 5.94. The third-order valence-electron chi connectivity index (χ3n) is 6.26. The standard InChI is InChI=1S/C27H26N2O2/c1-31-25-9-5-8-23(18-25)27(19-28)16-14-24(15-17-27)29-26(30)22-12-10-21(11-13-22)20-6-3-2-4-7-20/h2-13,18,24H,14-17H2,1H3,(H,29,30). The summed E-state index contributed by atoms with van der Waals surface area (Å²) in [5.74, 6) is 0.706. The number of rotatable bonds is 5. The Balaban J connectivity index is 1.39. The van der Waals surface area contributed by atoms with Crippen molar-refractivity contribution in [2.75, 3.05) is 7.11 Å². The Hall–Kier alpha value is -3.58. The fraction of sp³-hybridized carbons (Fsp3) is 0.259. The van der Waals surface area contributed by atoms with E-state index < -0.39 is 5.41 Å². The van der Waals surface area contributed by atoms with E-state index in [1.165, 1.54) is 0 Å². The van der Waals surface area contributed by atoms with Crippen molar-refractivity contribution in [3.8, 4) is 22.9 Å². The maximum atomic E-state index is 12.8. The van der Waals surface area contributed by atoms with Crippen LogP contribution in [0.5, 0.6) is 5.75 Å². The van der Waals surface area contributed by atoms with Crippen LogP contribution in [0.1, 0.15) is 41.6 Å². The summed E-state index contributed by atoms with van der Waals surface area (Å²) in [5.41, 5.74) is 3.35. The minimum absolute atomic E-state index is 0.0598. The molecule has 0 spiro atoms. The molecule has 3 aromatic rings. The SMILES string of the molecule is COc1cccc(C2(C#N)CCC(NC(=O)c3ccc(-c4ccccc4)cc3)CC2)c1. The molecule has 4 rings (SSSR count). The highest BCUT2D eigenvalue weighted by atomic mass is 16.5. The number of hydrogen-bond acceptors (Lipinski definition) is 3. The third kappa shape index (κ3) is 4.46.